The second-order valence-corrected chi connectivity index (χ2v) is 5.82. The van der Waals surface area contributed by atoms with Crippen LogP contribution in [-0.2, 0) is 4.74 Å². The molecular weight excluding hydrogens is 216 g/mol. The molecule has 0 spiro atoms. The van der Waals surface area contributed by atoms with Crippen molar-refractivity contribution in [3.63, 3.8) is 0 Å². The summed E-state index contributed by atoms with van der Waals surface area (Å²) in [6.45, 7) is 3.24. The SMILES string of the molecule is COC1CCC(NCC(C)(O)CN(C)C)CC1. The van der Waals surface area contributed by atoms with Gasteiger partial charge in [-0.15, -0.1) is 0 Å². The summed E-state index contributed by atoms with van der Waals surface area (Å²) in [5.74, 6) is 0. The van der Waals surface area contributed by atoms with Crippen molar-refractivity contribution in [1.82, 2.24) is 10.2 Å². The van der Waals surface area contributed by atoms with Crippen LogP contribution < -0.4 is 5.32 Å². The van der Waals surface area contributed by atoms with Gasteiger partial charge in [0.1, 0.15) is 0 Å². The fourth-order valence-electron chi connectivity index (χ4n) is 2.60. The van der Waals surface area contributed by atoms with Gasteiger partial charge in [-0.2, -0.15) is 0 Å². The summed E-state index contributed by atoms with van der Waals surface area (Å²) >= 11 is 0. The number of methoxy groups -OCH3 is 1. The number of rotatable bonds is 6. The highest BCUT2D eigenvalue weighted by Crippen LogP contribution is 2.20. The summed E-state index contributed by atoms with van der Waals surface area (Å²) in [5, 5.41) is 13.7. The van der Waals surface area contributed by atoms with Crippen LogP contribution in [0.25, 0.3) is 0 Å². The molecule has 1 unspecified atom stereocenters. The standard InChI is InChI=1S/C13H28N2O2/c1-13(16,10-15(2)3)9-14-11-5-7-12(17-4)8-6-11/h11-12,14,16H,5-10H2,1-4H3. The second kappa shape index (κ2) is 6.69. The Morgan fingerprint density at radius 1 is 1.29 bits per heavy atom. The molecule has 0 aromatic carbocycles. The Morgan fingerprint density at radius 2 is 1.88 bits per heavy atom. The number of hydrogen-bond acceptors (Lipinski definition) is 4. The van der Waals surface area contributed by atoms with Gasteiger partial charge in [0.2, 0.25) is 0 Å². The minimum Gasteiger partial charge on any atom is -0.388 e. The van der Waals surface area contributed by atoms with Crippen molar-refractivity contribution in [2.24, 2.45) is 0 Å². The predicted octanol–water partition coefficient (Wildman–Crippen LogP) is 0.846. The molecule has 0 radical (unpaired) electrons. The van der Waals surface area contributed by atoms with Crippen LogP contribution in [0.1, 0.15) is 32.6 Å². The van der Waals surface area contributed by atoms with Crippen LogP contribution in [-0.4, -0.2) is 62.0 Å². The number of nitrogens with zero attached hydrogens (tertiary/aromatic N) is 1. The molecule has 0 heterocycles. The Balaban J connectivity index is 2.22. The minimum atomic E-state index is -0.651. The molecule has 0 bridgehead atoms. The molecule has 1 saturated carbocycles. The Hall–Kier alpha value is -0.160. The van der Waals surface area contributed by atoms with Crippen molar-refractivity contribution in [3.8, 4) is 0 Å². The molecular formula is C13H28N2O2. The van der Waals surface area contributed by atoms with E-state index in [0.717, 1.165) is 25.7 Å². The van der Waals surface area contributed by atoms with Crippen LogP contribution >= 0.6 is 0 Å². The molecule has 17 heavy (non-hydrogen) atoms. The highest BCUT2D eigenvalue weighted by molar-refractivity contribution is 4.83. The highest BCUT2D eigenvalue weighted by Gasteiger charge is 2.25. The minimum absolute atomic E-state index is 0.440. The molecule has 1 aliphatic rings. The molecule has 0 saturated heterocycles. The molecule has 2 N–H and O–H groups in total. The van der Waals surface area contributed by atoms with Crippen molar-refractivity contribution in [2.45, 2.75) is 50.4 Å². The Bertz CT molecular complexity index is 211. The van der Waals surface area contributed by atoms with E-state index in [0.29, 0.717) is 25.2 Å². The Kier molecular flexibility index (Phi) is 5.86. The predicted molar refractivity (Wildman–Crippen MR) is 70.2 cm³/mol. The quantitative estimate of drug-likeness (QED) is 0.727. The summed E-state index contributed by atoms with van der Waals surface area (Å²) in [6, 6.07) is 0.537. The first-order valence-corrected chi connectivity index (χ1v) is 6.56. The van der Waals surface area contributed by atoms with E-state index < -0.39 is 5.60 Å². The number of likely N-dealkylation sites (N-methyl/N-ethyl adjacent to an activating group) is 1. The first kappa shape index (κ1) is 14.9. The molecule has 102 valence electrons. The van der Waals surface area contributed by atoms with E-state index in [1.807, 2.05) is 25.9 Å². The molecule has 1 atom stereocenters. The van der Waals surface area contributed by atoms with E-state index in [9.17, 15) is 5.11 Å². The second-order valence-electron chi connectivity index (χ2n) is 5.82. The summed E-state index contributed by atoms with van der Waals surface area (Å²) in [4.78, 5) is 2.02. The van der Waals surface area contributed by atoms with Gasteiger partial charge in [0.15, 0.2) is 0 Å². The molecule has 0 aromatic rings. The van der Waals surface area contributed by atoms with Crippen LogP contribution in [0.15, 0.2) is 0 Å². The lowest BCUT2D eigenvalue weighted by molar-refractivity contribution is 0.0244. The van der Waals surface area contributed by atoms with Crippen molar-refractivity contribution >= 4 is 0 Å². The van der Waals surface area contributed by atoms with Crippen molar-refractivity contribution in [1.29, 1.82) is 0 Å². The highest BCUT2D eigenvalue weighted by atomic mass is 16.5. The summed E-state index contributed by atoms with van der Waals surface area (Å²) < 4.78 is 5.35. The average molecular weight is 244 g/mol. The number of hydrogen-bond donors (Lipinski definition) is 2. The molecule has 1 fully saturated rings. The van der Waals surface area contributed by atoms with E-state index in [-0.39, 0.29) is 0 Å². The van der Waals surface area contributed by atoms with Gasteiger partial charge in [0, 0.05) is 26.2 Å². The van der Waals surface area contributed by atoms with E-state index in [1.54, 1.807) is 7.11 Å². The third kappa shape index (κ3) is 5.82. The number of aliphatic hydroxyl groups is 1. The van der Waals surface area contributed by atoms with Crippen LogP contribution in [0.2, 0.25) is 0 Å². The van der Waals surface area contributed by atoms with E-state index >= 15 is 0 Å². The van der Waals surface area contributed by atoms with Gasteiger partial charge in [0.05, 0.1) is 11.7 Å². The molecule has 4 nitrogen and oxygen atoms in total. The lowest BCUT2D eigenvalue weighted by Crippen LogP contribution is -2.49. The van der Waals surface area contributed by atoms with Gasteiger partial charge in [0.25, 0.3) is 0 Å². The monoisotopic (exact) mass is 244 g/mol. The number of nitrogens with one attached hydrogen (secondary N) is 1. The van der Waals surface area contributed by atoms with Crippen LogP contribution in [0.5, 0.6) is 0 Å². The fourth-order valence-corrected chi connectivity index (χ4v) is 2.60. The maximum Gasteiger partial charge on any atom is 0.0869 e. The molecule has 1 aliphatic carbocycles. The van der Waals surface area contributed by atoms with Crippen molar-refractivity contribution < 1.29 is 9.84 Å². The Morgan fingerprint density at radius 3 is 2.35 bits per heavy atom. The third-order valence-electron chi connectivity index (χ3n) is 3.44. The van der Waals surface area contributed by atoms with Gasteiger partial charge in [-0.1, -0.05) is 0 Å². The normalized spacial score (nSPS) is 29.3. The number of ether oxygens (including phenoxy) is 1. The molecule has 4 heteroatoms. The summed E-state index contributed by atoms with van der Waals surface area (Å²) in [5.41, 5.74) is -0.651. The van der Waals surface area contributed by atoms with Crippen LogP contribution in [0, 0.1) is 0 Å². The molecule has 1 rings (SSSR count). The van der Waals surface area contributed by atoms with Crippen molar-refractivity contribution in [2.75, 3.05) is 34.3 Å². The maximum atomic E-state index is 10.2. The molecule has 0 aromatic heterocycles. The lowest BCUT2D eigenvalue weighted by Gasteiger charge is -2.32. The largest absolute Gasteiger partial charge is 0.388 e. The maximum absolute atomic E-state index is 10.2. The van der Waals surface area contributed by atoms with Gasteiger partial charge in [-0.05, 0) is 46.7 Å². The lowest BCUT2D eigenvalue weighted by atomic mass is 9.92. The van der Waals surface area contributed by atoms with E-state index in [2.05, 4.69) is 5.32 Å². The first-order chi connectivity index (χ1) is 7.93. The van der Waals surface area contributed by atoms with E-state index in [1.165, 1.54) is 0 Å². The third-order valence-corrected chi connectivity index (χ3v) is 3.44. The smallest absolute Gasteiger partial charge is 0.0869 e. The van der Waals surface area contributed by atoms with Gasteiger partial charge in [-0.3, -0.25) is 0 Å². The Labute approximate surface area is 105 Å². The van der Waals surface area contributed by atoms with Gasteiger partial charge in [-0.25, -0.2) is 0 Å². The fraction of sp³-hybridized carbons (Fsp3) is 1.00. The molecule has 0 aliphatic heterocycles. The summed E-state index contributed by atoms with van der Waals surface area (Å²) in [7, 11) is 5.76. The topological polar surface area (TPSA) is 44.7 Å². The zero-order valence-electron chi connectivity index (χ0n) is 11.7. The van der Waals surface area contributed by atoms with Crippen molar-refractivity contribution in [3.05, 3.63) is 0 Å². The zero-order chi connectivity index (χ0) is 12.9. The zero-order valence-corrected chi connectivity index (χ0v) is 11.7. The van der Waals surface area contributed by atoms with Crippen LogP contribution in [0.4, 0.5) is 0 Å². The van der Waals surface area contributed by atoms with E-state index in [4.69, 9.17) is 4.74 Å². The van der Waals surface area contributed by atoms with Gasteiger partial charge < -0.3 is 20.1 Å². The average Bonchev–Trinajstić information content (AvgIpc) is 2.25. The van der Waals surface area contributed by atoms with Crippen LogP contribution in [0.3, 0.4) is 0 Å². The molecule has 0 amide bonds. The van der Waals surface area contributed by atoms with Gasteiger partial charge >= 0.3 is 0 Å². The first-order valence-electron chi connectivity index (χ1n) is 6.56. The summed E-state index contributed by atoms with van der Waals surface area (Å²) in [6.07, 6.45) is 5.00.